The van der Waals surface area contributed by atoms with Gasteiger partial charge in [-0.05, 0) is 62.6 Å². The van der Waals surface area contributed by atoms with Crippen molar-refractivity contribution in [1.82, 2.24) is 9.88 Å². The first-order chi connectivity index (χ1) is 13.0. The number of rotatable bonds is 5. The maximum atomic E-state index is 12.7. The van der Waals surface area contributed by atoms with Crippen molar-refractivity contribution in [3.05, 3.63) is 42.2 Å². The lowest BCUT2D eigenvalue weighted by atomic mass is 9.55. The molecule has 4 heteroatoms. The molecule has 1 aliphatic heterocycles. The normalized spacial score (nSPS) is 35.7. The van der Waals surface area contributed by atoms with Crippen molar-refractivity contribution in [3.63, 3.8) is 0 Å². The molecule has 0 N–H and O–H groups in total. The van der Waals surface area contributed by atoms with Crippen LogP contribution in [0.1, 0.15) is 44.7 Å². The van der Waals surface area contributed by atoms with E-state index in [2.05, 4.69) is 36.5 Å². The first kappa shape index (κ1) is 18.7. The molecule has 0 radical (unpaired) electrons. The smallest absolute Gasteiger partial charge is 0.310 e. The molecule has 3 fully saturated rings. The minimum atomic E-state index is 0.00279. The molecular weight excluding hydrogens is 336 g/mol. The predicted octanol–water partition coefficient (Wildman–Crippen LogP) is 3.87. The van der Waals surface area contributed by atoms with Crippen molar-refractivity contribution in [3.8, 4) is 0 Å². The predicted molar refractivity (Wildman–Crippen MR) is 106 cm³/mol. The van der Waals surface area contributed by atoms with E-state index in [0.29, 0.717) is 11.8 Å². The van der Waals surface area contributed by atoms with E-state index in [-0.39, 0.29) is 23.4 Å². The number of aromatic nitrogens is 1. The van der Waals surface area contributed by atoms with Crippen molar-refractivity contribution in [2.75, 3.05) is 20.1 Å². The molecular formula is C23H32N2O2. The summed E-state index contributed by atoms with van der Waals surface area (Å²) >= 11 is 0. The topological polar surface area (TPSA) is 42.4 Å². The number of hydrogen-bond donors (Lipinski definition) is 0. The lowest BCUT2D eigenvalue weighted by Gasteiger charge is -2.50. The van der Waals surface area contributed by atoms with Gasteiger partial charge in [0, 0.05) is 37.3 Å². The summed E-state index contributed by atoms with van der Waals surface area (Å²) < 4.78 is 5.88. The molecule has 2 heterocycles. The Labute approximate surface area is 163 Å². The van der Waals surface area contributed by atoms with Crippen LogP contribution in [-0.4, -0.2) is 42.1 Å². The number of likely N-dealkylation sites (N-methyl/N-ethyl adjacent to an activating group) is 1. The summed E-state index contributed by atoms with van der Waals surface area (Å²) in [5, 5.41) is 0. The number of carbonyl (C=O) groups is 1. The van der Waals surface area contributed by atoms with E-state index in [0.717, 1.165) is 44.5 Å². The standard InChI is InChI=1S/C23H32N2O2/c1-16-7-6-10-23(2)14-21-18(13-20(16)23)19(22(26)27-21)15-25(3)12-9-17-8-4-5-11-24-17/h4-5,8,11,18-21H,1,6-7,9-10,12-15H2,2-3H3/t18-,19+,20+,21+,23+/m0/s1. The number of esters is 1. The third-order valence-corrected chi connectivity index (χ3v) is 7.30. The Morgan fingerprint density at radius 1 is 1.41 bits per heavy atom. The Morgan fingerprint density at radius 2 is 2.26 bits per heavy atom. The van der Waals surface area contributed by atoms with Crippen LogP contribution in [0.15, 0.2) is 36.5 Å². The highest BCUT2D eigenvalue weighted by molar-refractivity contribution is 5.75. The van der Waals surface area contributed by atoms with Gasteiger partial charge in [0.2, 0.25) is 0 Å². The molecule has 146 valence electrons. The molecule has 2 aliphatic carbocycles. The van der Waals surface area contributed by atoms with Crippen molar-refractivity contribution in [2.24, 2.45) is 23.2 Å². The Hall–Kier alpha value is -1.68. The number of fused-ring (bicyclic) bond motifs is 2. The lowest BCUT2D eigenvalue weighted by Crippen LogP contribution is -2.45. The van der Waals surface area contributed by atoms with E-state index in [1.807, 2.05) is 18.3 Å². The van der Waals surface area contributed by atoms with Crippen LogP contribution >= 0.6 is 0 Å². The Bertz CT molecular complexity index is 704. The van der Waals surface area contributed by atoms with Crippen LogP contribution in [0.2, 0.25) is 0 Å². The van der Waals surface area contributed by atoms with Gasteiger partial charge in [-0.3, -0.25) is 9.78 Å². The fourth-order valence-corrected chi connectivity index (χ4v) is 5.74. The zero-order valence-corrected chi connectivity index (χ0v) is 16.7. The van der Waals surface area contributed by atoms with E-state index in [1.54, 1.807) is 0 Å². The highest BCUT2D eigenvalue weighted by Gasteiger charge is 2.55. The van der Waals surface area contributed by atoms with Gasteiger partial charge in [0.1, 0.15) is 6.10 Å². The van der Waals surface area contributed by atoms with E-state index in [1.165, 1.54) is 18.4 Å². The third kappa shape index (κ3) is 3.69. The SMILES string of the molecule is C=C1CCC[C@]2(C)C[C@H]3OC(=O)[C@H](CN(C)CCc4ccccn4)[C@@H]3C[C@H]12. The van der Waals surface area contributed by atoms with Gasteiger partial charge in [0.05, 0.1) is 5.92 Å². The summed E-state index contributed by atoms with van der Waals surface area (Å²) in [5.74, 6) is 0.927. The molecule has 4 nitrogen and oxygen atoms in total. The summed E-state index contributed by atoms with van der Waals surface area (Å²) in [7, 11) is 2.11. The van der Waals surface area contributed by atoms with Crippen molar-refractivity contribution >= 4 is 5.97 Å². The van der Waals surface area contributed by atoms with Crippen LogP contribution < -0.4 is 0 Å². The Balaban J connectivity index is 1.40. The summed E-state index contributed by atoms with van der Waals surface area (Å²) in [6, 6.07) is 6.03. The lowest BCUT2D eigenvalue weighted by molar-refractivity contribution is -0.146. The molecule has 0 bridgehead atoms. The van der Waals surface area contributed by atoms with Gasteiger partial charge in [-0.1, -0.05) is 25.1 Å². The maximum Gasteiger partial charge on any atom is 0.310 e. The van der Waals surface area contributed by atoms with Crippen LogP contribution in [-0.2, 0) is 16.0 Å². The Kier molecular flexibility index (Phi) is 5.11. The molecule has 2 saturated carbocycles. The number of nitrogens with zero attached hydrogens (tertiary/aromatic N) is 2. The van der Waals surface area contributed by atoms with Gasteiger partial charge in [-0.25, -0.2) is 0 Å². The third-order valence-electron chi connectivity index (χ3n) is 7.30. The molecule has 0 unspecified atom stereocenters. The molecule has 3 aliphatic rings. The van der Waals surface area contributed by atoms with E-state index >= 15 is 0 Å². The molecule has 1 aromatic heterocycles. The van der Waals surface area contributed by atoms with Crippen molar-refractivity contribution < 1.29 is 9.53 Å². The largest absolute Gasteiger partial charge is 0.462 e. The van der Waals surface area contributed by atoms with Crippen LogP contribution in [0.4, 0.5) is 0 Å². The molecule has 0 amide bonds. The van der Waals surface area contributed by atoms with Gasteiger partial charge in [0.25, 0.3) is 0 Å². The summed E-state index contributed by atoms with van der Waals surface area (Å²) in [4.78, 5) is 19.3. The number of allylic oxidation sites excluding steroid dienone is 1. The second-order valence-electron chi connectivity index (χ2n) is 9.24. The van der Waals surface area contributed by atoms with Crippen LogP contribution in [0.3, 0.4) is 0 Å². The summed E-state index contributed by atoms with van der Waals surface area (Å²) in [6.45, 7) is 8.46. The number of carbonyl (C=O) groups excluding carboxylic acids is 1. The van der Waals surface area contributed by atoms with Gasteiger partial charge in [-0.2, -0.15) is 0 Å². The van der Waals surface area contributed by atoms with Crippen molar-refractivity contribution in [1.29, 1.82) is 0 Å². The fraction of sp³-hybridized carbons (Fsp3) is 0.652. The van der Waals surface area contributed by atoms with E-state index < -0.39 is 0 Å². The van der Waals surface area contributed by atoms with Gasteiger partial charge in [0.15, 0.2) is 0 Å². The average Bonchev–Trinajstić information content (AvgIpc) is 2.93. The molecule has 4 rings (SSSR count). The molecule has 1 aromatic rings. The highest BCUT2D eigenvalue weighted by atomic mass is 16.6. The van der Waals surface area contributed by atoms with Gasteiger partial charge < -0.3 is 9.64 Å². The van der Waals surface area contributed by atoms with Crippen LogP contribution in [0.25, 0.3) is 0 Å². The van der Waals surface area contributed by atoms with Crippen LogP contribution in [0.5, 0.6) is 0 Å². The second-order valence-corrected chi connectivity index (χ2v) is 9.24. The minimum Gasteiger partial charge on any atom is -0.462 e. The highest BCUT2D eigenvalue weighted by Crippen LogP contribution is 2.56. The van der Waals surface area contributed by atoms with Crippen LogP contribution in [0, 0.1) is 23.2 Å². The fourth-order valence-electron chi connectivity index (χ4n) is 5.74. The molecule has 27 heavy (non-hydrogen) atoms. The zero-order chi connectivity index (χ0) is 19.0. The van der Waals surface area contributed by atoms with Gasteiger partial charge >= 0.3 is 5.97 Å². The summed E-state index contributed by atoms with van der Waals surface area (Å²) in [5.41, 5.74) is 2.78. The van der Waals surface area contributed by atoms with E-state index in [9.17, 15) is 4.79 Å². The average molecular weight is 369 g/mol. The minimum absolute atomic E-state index is 0.00279. The quantitative estimate of drug-likeness (QED) is 0.584. The molecule has 1 saturated heterocycles. The van der Waals surface area contributed by atoms with Gasteiger partial charge in [-0.15, -0.1) is 0 Å². The van der Waals surface area contributed by atoms with Crippen molar-refractivity contribution in [2.45, 2.75) is 51.6 Å². The number of hydrogen-bond acceptors (Lipinski definition) is 4. The molecule has 5 atom stereocenters. The Morgan fingerprint density at radius 3 is 3.04 bits per heavy atom. The number of ether oxygens (including phenoxy) is 1. The first-order valence-electron chi connectivity index (χ1n) is 10.4. The zero-order valence-electron chi connectivity index (χ0n) is 16.7. The second kappa shape index (κ2) is 7.38. The monoisotopic (exact) mass is 368 g/mol. The number of pyridine rings is 1. The first-order valence-corrected chi connectivity index (χ1v) is 10.4. The maximum absolute atomic E-state index is 12.7. The van der Waals surface area contributed by atoms with E-state index in [4.69, 9.17) is 4.74 Å². The molecule has 0 spiro atoms. The molecule has 0 aromatic carbocycles. The summed E-state index contributed by atoms with van der Waals surface area (Å²) in [6.07, 6.45) is 8.57.